The first-order chi connectivity index (χ1) is 7.16. The minimum absolute atomic E-state index is 0.148. The molecule has 80 valence electrons. The summed E-state index contributed by atoms with van der Waals surface area (Å²) in [5.74, 6) is -0.993. The van der Waals surface area contributed by atoms with Crippen LogP contribution in [0.15, 0.2) is 18.2 Å². The van der Waals surface area contributed by atoms with Gasteiger partial charge in [0.2, 0.25) is 5.78 Å². The summed E-state index contributed by atoms with van der Waals surface area (Å²) in [6, 6.07) is 5.63. The van der Waals surface area contributed by atoms with Gasteiger partial charge in [-0.25, -0.2) is 8.78 Å². The van der Waals surface area contributed by atoms with Gasteiger partial charge in [0, 0.05) is 6.42 Å². The van der Waals surface area contributed by atoms with Crippen LogP contribution in [-0.2, 0) is 24.1 Å². The van der Waals surface area contributed by atoms with E-state index < -0.39 is 12.2 Å². The Morgan fingerprint density at radius 2 is 2.00 bits per heavy atom. The van der Waals surface area contributed by atoms with Crippen molar-refractivity contribution in [1.29, 1.82) is 0 Å². The van der Waals surface area contributed by atoms with Crippen LogP contribution in [0.5, 0.6) is 0 Å². The monoisotopic (exact) mass is 210 g/mol. The summed E-state index contributed by atoms with van der Waals surface area (Å²) in [7, 11) is 0. The van der Waals surface area contributed by atoms with Crippen molar-refractivity contribution < 1.29 is 13.6 Å². The lowest BCUT2D eigenvalue weighted by Crippen LogP contribution is -2.12. The molecule has 15 heavy (non-hydrogen) atoms. The third-order valence-corrected chi connectivity index (χ3v) is 2.78. The highest BCUT2D eigenvalue weighted by atomic mass is 19.3. The zero-order chi connectivity index (χ0) is 10.8. The molecular formula is C12H12F2O. The predicted octanol–water partition coefficient (Wildman–Crippen LogP) is 2.55. The third-order valence-electron chi connectivity index (χ3n) is 2.78. The van der Waals surface area contributed by atoms with Crippen LogP contribution in [0.25, 0.3) is 0 Å². The standard InChI is InChI=1S/C12H12F2O/c13-12(14)11(15)7-8-4-5-9-2-1-3-10(9)6-8/h4-6,12H,1-3,7H2. The second kappa shape index (κ2) is 4.09. The maximum atomic E-state index is 12.0. The minimum Gasteiger partial charge on any atom is -0.293 e. The number of rotatable bonds is 3. The first kappa shape index (κ1) is 10.3. The van der Waals surface area contributed by atoms with Crippen molar-refractivity contribution in [2.24, 2.45) is 0 Å². The van der Waals surface area contributed by atoms with Crippen molar-refractivity contribution in [2.75, 3.05) is 0 Å². The van der Waals surface area contributed by atoms with Gasteiger partial charge in [-0.3, -0.25) is 4.79 Å². The Morgan fingerprint density at radius 3 is 2.73 bits per heavy atom. The van der Waals surface area contributed by atoms with E-state index in [9.17, 15) is 13.6 Å². The van der Waals surface area contributed by atoms with Crippen molar-refractivity contribution in [2.45, 2.75) is 32.1 Å². The van der Waals surface area contributed by atoms with Crippen LogP contribution < -0.4 is 0 Å². The largest absolute Gasteiger partial charge is 0.296 e. The summed E-state index contributed by atoms with van der Waals surface area (Å²) in [4.78, 5) is 10.9. The van der Waals surface area contributed by atoms with E-state index in [-0.39, 0.29) is 6.42 Å². The number of aryl methyl sites for hydroxylation is 2. The SMILES string of the molecule is O=C(Cc1ccc2c(c1)CCC2)C(F)F. The van der Waals surface area contributed by atoms with E-state index in [4.69, 9.17) is 0 Å². The Kier molecular flexibility index (Phi) is 2.80. The highest BCUT2D eigenvalue weighted by Crippen LogP contribution is 2.23. The fourth-order valence-corrected chi connectivity index (χ4v) is 2.01. The van der Waals surface area contributed by atoms with E-state index in [0.29, 0.717) is 5.56 Å². The molecule has 1 nitrogen and oxygen atoms in total. The van der Waals surface area contributed by atoms with Crippen molar-refractivity contribution in [3.8, 4) is 0 Å². The molecule has 3 heteroatoms. The molecule has 0 saturated carbocycles. The number of ketones is 1. The number of Topliss-reactive ketones (excluding diaryl/α,β-unsaturated/α-hetero) is 1. The second-order valence-electron chi connectivity index (χ2n) is 3.90. The summed E-state index contributed by atoms with van der Waals surface area (Å²) in [5.41, 5.74) is 3.22. The van der Waals surface area contributed by atoms with E-state index in [2.05, 4.69) is 0 Å². The van der Waals surface area contributed by atoms with Crippen LogP contribution in [0.4, 0.5) is 8.78 Å². The van der Waals surface area contributed by atoms with E-state index in [0.717, 1.165) is 19.3 Å². The Balaban J connectivity index is 2.13. The summed E-state index contributed by atoms with van der Waals surface area (Å²) >= 11 is 0. The minimum atomic E-state index is -2.85. The molecule has 0 bridgehead atoms. The van der Waals surface area contributed by atoms with Crippen LogP contribution >= 0.6 is 0 Å². The molecule has 0 aliphatic heterocycles. The molecule has 0 spiro atoms. The first-order valence-electron chi connectivity index (χ1n) is 5.08. The zero-order valence-electron chi connectivity index (χ0n) is 8.30. The molecular weight excluding hydrogens is 198 g/mol. The zero-order valence-corrected chi connectivity index (χ0v) is 8.30. The fourth-order valence-electron chi connectivity index (χ4n) is 2.01. The number of halogens is 2. The van der Waals surface area contributed by atoms with Gasteiger partial charge in [-0.05, 0) is 36.0 Å². The maximum Gasteiger partial charge on any atom is 0.296 e. The summed E-state index contributed by atoms with van der Waals surface area (Å²) in [6.45, 7) is 0. The van der Waals surface area contributed by atoms with Crippen LogP contribution in [-0.4, -0.2) is 12.2 Å². The van der Waals surface area contributed by atoms with E-state index in [1.807, 2.05) is 12.1 Å². The molecule has 1 aromatic carbocycles. The Morgan fingerprint density at radius 1 is 1.27 bits per heavy atom. The molecule has 0 atom stereocenters. The van der Waals surface area contributed by atoms with E-state index in [1.165, 1.54) is 11.1 Å². The second-order valence-corrected chi connectivity index (χ2v) is 3.90. The number of fused-ring (bicyclic) bond motifs is 1. The van der Waals surface area contributed by atoms with Gasteiger partial charge in [0.05, 0.1) is 0 Å². The van der Waals surface area contributed by atoms with Crippen LogP contribution in [0.2, 0.25) is 0 Å². The highest BCUT2D eigenvalue weighted by Gasteiger charge is 2.17. The molecule has 0 radical (unpaired) electrons. The van der Waals surface area contributed by atoms with Gasteiger partial charge >= 0.3 is 0 Å². The Hall–Kier alpha value is -1.25. The quantitative estimate of drug-likeness (QED) is 0.749. The van der Waals surface area contributed by atoms with E-state index in [1.54, 1.807) is 6.07 Å². The summed E-state index contributed by atoms with van der Waals surface area (Å²) < 4.78 is 24.1. The molecule has 2 rings (SSSR count). The van der Waals surface area contributed by atoms with Gasteiger partial charge in [0.1, 0.15) is 0 Å². The number of alkyl halides is 2. The van der Waals surface area contributed by atoms with Gasteiger partial charge in [-0.15, -0.1) is 0 Å². The number of hydrogen-bond donors (Lipinski definition) is 0. The normalized spacial score (nSPS) is 14.3. The van der Waals surface area contributed by atoms with Crippen molar-refractivity contribution in [1.82, 2.24) is 0 Å². The summed E-state index contributed by atoms with van der Waals surface area (Å²) in [5, 5.41) is 0. The van der Waals surface area contributed by atoms with Crippen LogP contribution in [0.3, 0.4) is 0 Å². The van der Waals surface area contributed by atoms with Gasteiger partial charge in [-0.2, -0.15) is 0 Å². The highest BCUT2D eigenvalue weighted by molar-refractivity contribution is 5.83. The number of carbonyl (C=O) groups excluding carboxylic acids is 1. The Labute approximate surface area is 87.1 Å². The molecule has 0 heterocycles. The molecule has 0 aromatic heterocycles. The number of hydrogen-bond acceptors (Lipinski definition) is 1. The lowest BCUT2D eigenvalue weighted by atomic mass is 10.0. The molecule has 1 aliphatic carbocycles. The van der Waals surface area contributed by atoms with Crippen molar-refractivity contribution in [3.63, 3.8) is 0 Å². The Bertz CT molecular complexity index is 385. The molecule has 0 saturated heterocycles. The van der Waals surface area contributed by atoms with Crippen LogP contribution in [0.1, 0.15) is 23.1 Å². The number of carbonyl (C=O) groups is 1. The molecule has 0 N–H and O–H groups in total. The third kappa shape index (κ3) is 2.22. The molecule has 0 fully saturated rings. The lowest BCUT2D eigenvalue weighted by molar-refractivity contribution is -0.128. The van der Waals surface area contributed by atoms with Gasteiger partial charge < -0.3 is 0 Å². The van der Waals surface area contributed by atoms with Gasteiger partial charge in [-0.1, -0.05) is 18.2 Å². The lowest BCUT2D eigenvalue weighted by Gasteiger charge is -2.03. The topological polar surface area (TPSA) is 17.1 Å². The number of benzene rings is 1. The molecule has 1 aliphatic rings. The predicted molar refractivity (Wildman–Crippen MR) is 53.2 cm³/mol. The van der Waals surface area contributed by atoms with Crippen molar-refractivity contribution >= 4 is 5.78 Å². The molecule has 0 amide bonds. The van der Waals surface area contributed by atoms with Crippen molar-refractivity contribution in [3.05, 3.63) is 34.9 Å². The molecule has 1 aromatic rings. The smallest absolute Gasteiger partial charge is 0.293 e. The molecule has 0 unspecified atom stereocenters. The van der Waals surface area contributed by atoms with Crippen LogP contribution in [0, 0.1) is 0 Å². The average molecular weight is 210 g/mol. The maximum absolute atomic E-state index is 12.0. The first-order valence-corrected chi connectivity index (χ1v) is 5.08. The average Bonchev–Trinajstić information content (AvgIpc) is 2.64. The fraction of sp³-hybridized carbons (Fsp3) is 0.417. The van der Waals surface area contributed by atoms with E-state index >= 15 is 0 Å². The van der Waals surface area contributed by atoms with Gasteiger partial charge in [0.25, 0.3) is 6.43 Å². The van der Waals surface area contributed by atoms with Gasteiger partial charge in [0.15, 0.2) is 0 Å². The summed E-state index contributed by atoms with van der Waals surface area (Å²) in [6.07, 6.45) is 0.204.